The SMILES string of the molecule is CCCCOC(=O)C(CC(F)(F)C(F)(F)C(F)(F)C(F)(F)C(F)(F)C(F)(F)F)NC(=O)OCc1ccccc1. The van der Waals surface area contributed by atoms with E-state index in [1.54, 1.807) is 0 Å². The van der Waals surface area contributed by atoms with Gasteiger partial charge in [0.1, 0.15) is 12.6 Å². The molecule has 5 nitrogen and oxygen atoms in total. The number of benzene rings is 1. The third-order valence-corrected chi connectivity index (χ3v) is 4.99. The van der Waals surface area contributed by atoms with Crippen LogP contribution >= 0.6 is 0 Å². The van der Waals surface area contributed by atoms with Crippen LogP contribution < -0.4 is 5.32 Å². The number of halogens is 13. The minimum Gasteiger partial charge on any atom is -0.464 e. The van der Waals surface area contributed by atoms with Crippen LogP contribution in [0.3, 0.4) is 0 Å². The highest BCUT2D eigenvalue weighted by molar-refractivity contribution is 5.81. The van der Waals surface area contributed by atoms with Crippen LogP contribution in [-0.2, 0) is 20.9 Å². The summed E-state index contributed by atoms with van der Waals surface area (Å²) in [5.74, 6) is -40.2. The molecule has 1 aromatic carbocycles. The molecule has 0 fully saturated rings. The van der Waals surface area contributed by atoms with Crippen LogP contribution in [-0.4, -0.2) is 60.5 Å². The Balaban J connectivity index is 3.29. The zero-order chi connectivity index (χ0) is 30.5. The van der Waals surface area contributed by atoms with Gasteiger partial charge in [0.2, 0.25) is 0 Å². The van der Waals surface area contributed by atoms with Crippen LogP contribution in [0.15, 0.2) is 30.3 Å². The van der Waals surface area contributed by atoms with E-state index in [1.807, 2.05) is 0 Å². The highest BCUT2D eigenvalue weighted by Crippen LogP contribution is 2.60. The van der Waals surface area contributed by atoms with Crippen molar-refractivity contribution < 1.29 is 76.1 Å². The van der Waals surface area contributed by atoms with Crippen molar-refractivity contribution in [3.05, 3.63) is 35.9 Å². The van der Waals surface area contributed by atoms with Gasteiger partial charge >= 0.3 is 47.9 Å². The van der Waals surface area contributed by atoms with Gasteiger partial charge in [-0.2, -0.15) is 57.1 Å². The van der Waals surface area contributed by atoms with Crippen molar-refractivity contribution in [2.45, 2.75) is 74.6 Å². The van der Waals surface area contributed by atoms with E-state index in [-0.39, 0.29) is 12.0 Å². The largest absolute Gasteiger partial charge is 0.464 e. The zero-order valence-corrected chi connectivity index (χ0v) is 19.5. The molecular weight excluding hydrogens is 577 g/mol. The molecule has 0 radical (unpaired) electrons. The second-order valence-corrected chi connectivity index (χ2v) is 7.98. The molecule has 224 valence electrons. The van der Waals surface area contributed by atoms with Gasteiger partial charge < -0.3 is 14.8 Å². The maximum absolute atomic E-state index is 14.3. The van der Waals surface area contributed by atoms with E-state index in [9.17, 15) is 66.7 Å². The van der Waals surface area contributed by atoms with Crippen LogP contribution in [0, 0.1) is 0 Å². The van der Waals surface area contributed by atoms with Crippen molar-refractivity contribution in [3.8, 4) is 0 Å². The standard InChI is InChI=1S/C21H20F13NO4/c1-2-3-9-38-14(36)13(35-15(37)39-11-12-7-5-4-6-8-12)10-16(22,23)17(24,25)18(26,27)19(28,29)20(30,31)21(32,33)34/h4-8,13H,2-3,9-11H2,1H3,(H,35,37). The summed E-state index contributed by atoms with van der Waals surface area (Å²) >= 11 is 0. The fourth-order valence-corrected chi connectivity index (χ4v) is 2.70. The minimum absolute atomic E-state index is 0.0419. The Kier molecular flexibility index (Phi) is 10.5. The molecule has 1 N–H and O–H groups in total. The van der Waals surface area contributed by atoms with E-state index >= 15 is 0 Å². The van der Waals surface area contributed by atoms with Crippen molar-refractivity contribution >= 4 is 12.1 Å². The molecule has 18 heteroatoms. The lowest BCUT2D eigenvalue weighted by Crippen LogP contribution is -2.70. The lowest BCUT2D eigenvalue weighted by atomic mass is 9.91. The molecule has 0 spiro atoms. The molecule has 1 unspecified atom stereocenters. The first-order valence-corrected chi connectivity index (χ1v) is 10.7. The van der Waals surface area contributed by atoms with Gasteiger partial charge in [0.05, 0.1) is 6.61 Å². The van der Waals surface area contributed by atoms with Gasteiger partial charge in [-0.05, 0) is 12.0 Å². The molecule has 1 aromatic rings. The smallest absolute Gasteiger partial charge is 0.460 e. The summed E-state index contributed by atoms with van der Waals surface area (Å²) in [6, 6.07) is 4.21. The fourth-order valence-electron chi connectivity index (χ4n) is 2.70. The highest BCUT2D eigenvalue weighted by atomic mass is 19.4. The van der Waals surface area contributed by atoms with Gasteiger partial charge in [0, 0.05) is 6.42 Å². The summed E-state index contributed by atoms with van der Waals surface area (Å²) in [6.45, 7) is 0.354. The molecule has 0 aliphatic heterocycles. The Morgan fingerprint density at radius 2 is 1.28 bits per heavy atom. The van der Waals surface area contributed by atoms with E-state index in [1.165, 1.54) is 42.6 Å². The van der Waals surface area contributed by atoms with Crippen LogP contribution in [0.2, 0.25) is 0 Å². The average Bonchev–Trinajstić information content (AvgIpc) is 2.81. The molecule has 0 saturated heterocycles. The van der Waals surface area contributed by atoms with Crippen molar-refractivity contribution in [2.24, 2.45) is 0 Å². The Bertz CT molecular complexity index is 968. The van der Waals surface area contributed by atoms with Crippen molar-refractivity contribution in [2.75, 3.05) is 6.61 Å². The predicted molar refractivity (Wildman–Crippen MR) is 105 cm³/mol. The third-order valence-electron chi connectivity index (χ3n) is 4.99. The number of rotatable bonds is 13. The number of hydrogen-bond acceptors (Lipinski definition) is 4. The Labute approximate surface area is 211 Å². The summed E-state index contributed by atoms with van der Waals surface area (Å²) < 4.78 is 183. The number of amides is 1. The summed E-state index contributed by atoms with van der Waals surface area (Å²) in [4.78, 5) is 24.0. The number of carbonyl (C=O) groups is 2. The topological polar surface area (TPSA) is 64.6 Å². The summed E-state index contributed by atoms with van der Waals surface area (Å²) in [5, 5.41) is 1.28. The Morgan fingerprint density at radius 3 is 1.77 bits per heavy atom. The molecule has 0 aliphatic carbocycles. The molecular formula is C21H20F13NO4. The quantitative estimate of drug-likeness (QED) is 0.155. The number of alkyl carbamates (subject to hydrolysis) is 1. The van der Waals surface area contributed by atoms with Crippen molar-refractivity contribution in [1.29, 1.82) is 0 Å². The normalized spacial score (nSPS) is 14.5. The Hall–Kier alpha value is -2.95. The van der Waals surface area contributed by atoms with E-state index in [0.29, 0.717) is 6.42 Å². The minimum atomic E-state index is -8.09. The second kappa shape index (κ2) is 12.1. The monoisotopic (exact) mass is 597 g/mol. The van der Waals surface area contributed by atoms with E-state index in [4.69, 9.17) is 0 Å². The van der Waals surface area contributed by atoms with Crippen molar-refractivity contribution in [3.63, 3.8) is 0 Å². The molecule has 0 saturated carbocycles. The zero-order valence-electron chi connectivity index (χ0n) is 19.5. The number of carbonyl (C=O) groups excluding carboxylic acids is 2. The van der Waals surface area contributed by atoms with Gasteiger partial charge in [0.25, 0.3) is 0 Å². The summed E-state index contributed by atoms with van der Waals surface area (Å²) in [7, 11) is 0. The van der Waals surface area contributed by atoms with Crippen molar-refractivity contribution in [1.82, 2.24) is 5.32 Å². The lowest BCUT2D eigenvalue weighted by molar-refractivity contribution is -0.440. The third kappa shape index (κ3) is 7.17. The molecule has 39 heavy (non-hydrogen) atoms. The van der Waals surface area contributed by atoms with Crippen LogP contribution in [0.1, 0.15) is 31.7 Å². The molecule has 1 rings (SSSR count). The van der Waals surface area contributed by atoms with E-state index in [0.717, 1.165) is 0 Å². The van der Waals surface area contributed by atoms with E-state index in [2.05, 4.69) is 9.47 Å². The number of esters is 1. The second-order valence-electron chi connectivity index (χ2n) is 7.98. The first-order chi connectivity index (χ1) is 17.6. The maximum Gasteiger partial charge on any atom is 0.460 e. The molecule has 0 bridgehead atoms. The number of alkyl halides is 13. The molecule has 0 aromatic heterocycles. The first kappa shape index (κ1) is 34.1. The number of hydrogen-bond donors (Lipinski definition) is 1. The highest BCUT2D eigenvalue weighted by Gasteiger charge is 2.90. The summed E-state index contributed by atoms with van der Waals surface area (Å²) in [6.07, 6.45) is -12.0. The van der Waals surface area contributed by atoms with Crippen LogP contribution in [0.4, 0.5) is 61.9 Å². The van der Waals surface area contributed by atoms with Crippen LogP contribution in [0.5, 0.6) is 0 Å². The van der Waals surface area contributed by atoms with Gasteiger partial charge in [-0.15, -0.1) is 0 Å². The molecule has 1 atom stereocenters. The number of ether oxygens (including phenoxy) is 2. The predicted octanol–water partition coefficient (Wildman–Crippen LogP) is 6.75. The Morgan fingerprint density at radius 1 is 0.769 bits per heavy atom. The average molecular weight is 597 g/mol. The van der Waals surface area contributed by atoms with Gasteiger partial charge in [0.15, 0.2) is 0 Å². The number of unbranched alkanes of at least 4 members (excludes halogenated alkanes) is 1. The van der Waals surface area contributed by atoms with Gasteiger partial charge in [-0.3, -0.25) is 0 Å². The molecule has 0 heterocycles. The van der Waals surface area contributed by atoms with Gasteiger partial charge in [-0.25, -0.2) is 9.59 Å². The number of nitrogens with one attached hydrogen (secondary N) is 1. The lowest BCUT2D eigenvalue weighted by Gasteiger charge is -2.40. The summed E-state index contributed by atoms with van der Waals surface area (Å²) in [5.41, 5.74) is 0.277. The molecule has 1 amide bonds. The first-order valence-electron chi connectivity index (χ1n) is 10.7. The van der Waals surface area contributed by atoms with Crippen LogP contribution in [0.25, 0.3) is 0 Å². The van der Waals surface area contributed by atoms with Gasteiger partial charge in [-0.1, -0.05) is 43.7 Å². The fraction of sp³-hybridized carbons (Fsp3) is 0.619. The maximum atomic E-state index is 14.3. The van der Waals surface area contributed by atoms with E-state index < -0.39 is 73.5 Å². The molecule has 0 aliphatic rings.